The molecule has 0 aromatic heterocycles. The Morgan fingerprint density at radius 1 is 1.21 bits per heavy atom. The quantitative estimate of drug-likeness (QED) is 0.272. The van der Waals surface area contributed by atoms with Gasteiger partial charge in [-0.05, 0) is 37.3 Å². The monoisotopic (exact) mass is 557 g/mol. The summed E-state index contributed by atoms with van der Waals surface area (Å²) >= 11 is 5.95. The van der Waals surface area contributed by atoms with Crippen LogP contribution in [-0.2, 0) is 17.3 Å². The lowest BCUT2D eigenvalue weighted by atomic mass is 10.2. The van der Waals surface area contributed by atoms with E-state index in [0.29, 0.717) is 35.4 Å². The molecule has 0 fully saturated rings. The molecule has 2 aromatic carbocycles. The van der Waals surface area contributed by atoms with Crippen LogP contribution in [-0.4, -0.2) is 35.6 Å². The fourth-order valence-electron chi connectivity index (χ4n) is 2.34. The minimum absolute atomic E-state index is 0. The lowest BCUT2D eigenvalue weighted by molar-refractivity contribution is -0.0504. The van der Waals surface area contributed by atoms with Crippen molar-refractivity contribution in [3.8, 4) is 5.75 Å². The van der Waals surface area contributed by atoms with E-state index in [9.17, 15) is 13.0 Å². The zero-order valence-electron chi connectivity index (χ0n) is 15.7. The van der Waals surface area contributed by atoms with Crippen molar-refractivity contribution in [1.29, 1.82) is 0 Å². The van der Waals surface area contributed by atoms with Gasteiger partial charge < -0.3 is 15.4 Å². The average Bonchev–Trinajstić information content (AvgIpc) is 2.68. The Labute approximate surface area is 193 Å². The lowest BCUT2D eigenvalue weighted by Gasteiger charge is -2.13. The highest BCUT2D eigenvalue weighted by Crippen LogP contribution is 2.25. The third-order valence-electron chi connectivity index (χ3n) is 3.58. The summed E-state index contributed by atoms with van der Waals surface area (Å²) in [5.41, 5.74) is 0.442. The Morgan fingerprint density at radius 2 is 1.93 bits per heavy atom. The second kappa shape index (κ2) is 13.7. The van der Waals surface area contributed by atoms with Crippen molar-refractivity contribution in [1.82, 2.24) is 10.6 Å². The first-order valence-electron chi connectivity index (χ1n) is 8.68. The summed E-state index contributed by atoms with van der Waals surface area (Å²) in [5.74, 6) is 0.922. The molecule has 1 atom stereocenters. The van der Waals surface area contributed by atoms with Crippen LogP contribution in [0.4, 0.5) is 8.78 Å². The van der Waals surface area contributed by atoms with E-state index < -0.39 is 17.4 Å². The van der Waals surface area contributed by atoms with Gasteiger partial charge in [-0.1, -0.05) is 29.8 Å². The third kappa shape index (κ3) is 9.26. The number of benzene rings is 2. The van der Waals surface area contributed by atoms with Gasteiger partial charge in [0, 0.05) is 34.3 Å². The highest BCUT2D eigenvalue weighted by molar-refractivity contribution is 14.0. The molecule has 0 spiro atoms. The number of nitrogens with zero attached hydrogens (tertiary/aromatic N) is 1. The van der Waals surface area contributed by atoms with Crippen LogP contribution in [0.2, 0.25) is 5.02 Å². The van der Waals surface area contributed by atoms with Gasteiger partial charge in [-0.25, -0.2) is 4.99 Å². The highest BCUT2D eigenvalue weighted by atomic mass is 127. The molecule has 0 aliphatic carbocycles. The van der Waals surface area contributed by atoms with E-state index in [1.807, 2.05) is 37.3 Å². The van der Waals surface area contributed by atoms with E-state index in [4.69, 9.17) is 11.6 Å². The molecule has 2 aromatic rings. The molecule has 5 nitrogen and oxygen atoms in total. The van der Waals surface area contributed by atoms with Crippen molar-refractivity contribution >= 4 is 52.3 Å². The van der Waals surface area contributed by atoms with Gasteiger partial charge in [0.15, 0.2) is 5.96 Å². The Balaban J connectivity index is 0.00000420. The van der Waals surface area contributed by atoms with Gasteiger partial charge in [-0.15, -0.1) is 24.0 Å². The molecule has 0 saturated heterocycles. The maximum Gasteiger partial charge on any atom is 0.387 e. The summed E-state index contributed by atoms with van der Waals surface area (Å²) in [6.07, 6.45) is 0. The van der Waals surface area contributed by atoms with Crippen LogP contribution < -0.4 is 15.4 Å². The first-order valence-corrected chi connectivity index (χ1v) is 10.4. The molecule has 10 heteroatoms. The van der Waals surface area contributed by atoms with E-state index in [-0.39, 0.29) is 36.3 Å². The van der Waals surface area contributed by atoms with Crippen molar-refractivity contribution in [2.45, 2.75) is 25.0 Å². The molecular formula is C19H23ClF2IN3O2S. The van der Waals surface area contributed by atoms with Gasteiger partial charge in [-0.2, -0.15) is 8.78 Å². The number of nitrogens with one attached hydrogen (secondary N) is 2. The number of alkyl halides is 2. The van der Waals surface area contributed by atoms with E-state index >= 15 is 0 Å². The Kier molecular flexibility index (Phi) is 12.1. The molecule has 0 bridgehead atoms. The minimum atomic E-state index is -2.93. The standard InChI is InChI=1S/C19H22ClF2N3O2S.HI/c1-2-23-19(24-10-11-28(26)16-6-4-3-5-7-16)25-13-14-12-15(20)8-9-17(14)27-18(21)22;/h3-9,12,18H,2,10-11,13H2,1H3,(H2,23,24,25);1H. The van der Waals surface area contributed by atoms with E-state index in [2.05, 4.69) is 20.4 Å². The van der Waals surface area contributed by atoms with Crippen molar-refractivity contribution in [2.24, 2.45) is 4.99 Å². The molecule has 160 valence electrons. The van der Waals surface area contributed by atoms with Gasteiger partial charge in [-0.3, -0.25) is 4.21 Å². The molecule has 0 saturated carbocycles. The van der Waals surface area contributed by atoms with Gasteiger partial charge in [0.1, 0.15) is 5.75 Å². The average molecular weight is 558 g/mol. The molecule has 2 N–H and O–H groups in total. The summed E-state index contributed by atoms with van der Waals surface area (Å²) in [5, 5.41) is 6.56. The van der Waals surface area contributed by atoms with Crippen molar-refractivity contribution < 1.29 is 17.7 Å². The normalized spacial score (nSPS) is 12.2. The van der Waals surface area contributed by atoms with E-state index in [0.717, 1.165) is 4.90 Å². The fourth-order valence-corrected chi connectivity index (χ4v) is 3.52. The molecule has 0 aliphatic heterocycles. The second-order valence-electron chi connectivity index (χ2n) is 5.62. The predicted molar refractivity (Wildman–Crippen MR) is 124 cm³/mol. The fraction of sp³-hybridized carbons (Fsp3) is 0.316. The number of guanidine groups is 1. The first-order chi connectivity index (χ1) is 13.5. The summed E-state index contributed by atoms with van der Waals surface area (Å²) in [6, 6.07) is 13.6. The summed E-state index contributed by atoms with van der Waals surface area (Å²) < 4.78 is 41.9. The van der Waals surface area contributed by atoms with Gasteiger partial charge >= 0.3 is 6.61 Å². The van der Waals surface area contributed by atoms with Gasteiger partial charge in [0.2, 0.25) is 0 Å². The Hall–Kier alpha value is -1.46. The number of hydrogen-bond donors (Lipinski definition) is 2. The molecule has 0 heterocycles. The number of hydrogen-bond acceptors (Lipinski definition) is 3. The predicted octanol–water partition coefficient (Wildman–Crippen LogP) is 4.42. The third-order valence-corrected chi connectivity index (χ3v) is 5.18. The minimum Gasteiger partial charge on any atom is -0.434 e. The topological polar surface area (TPSA) is 62.7 Å². The van der Waals surface area contributed by atoms with Crippen LogP contribution in [0, 0.1) is 0 Å². The van der Waals surface area contributed by atoms with Crippen molar-refractivity contribution in [3.63, 3.8) is 0 Å². The molecule has 1 unspecified atom stereocenters. The first kappa shape index (κ1) is 25.6. The van der Waals surface area contributed by atoms with Crippen LogP contribution in [0.5, 0.6) is 5.75 Å². The van der Waals surface area contributed by atoms with E-state index in [1.165, 1.54) is 18.2 Å². The number of aliphatic imine (C=N–C) groups is 1. The molecule has 2 rings (SSSR count). The van der Waals surface area contributed by atoms with Gasteiger partial charge in [0.25, 0.3) is 0 Å². The van der Waals surface area contributed by atoms with Crippen LogP contribution in [0.15, 0.2) is 58.4 Å². The zero-order chi connectivity index (χ0) is 20.4. The van der Waals surface area contributed by atoms with Crippen LogP contribution in [0.3, 0.4) is 0 Å². The summed E-state index contributed by atoms with van der Waals surface area (Å²) in [6.45, 7) is 0.125. The lowest BCUT2D eigenvalue weighted by Crippen LogP contribution is -2.39. The summed E-state index contributed by atoms with van der Waals surface area (Å²) in [7, 11) is -1.12. The molecular weight excluding hydrogens is 535 g/mol. The van der Waals surface area contributed by atoms with E-state index in [1.54, 1.807) is 0 Å². The van der Waals surface area contributed by atoms with Crippen LogP contribution in [0.1, 0.15) is 12.5 Å². The summed E-state index contributed by atoms with van der Waals surface area (Å²) in [4.78, 5) is 5.14. The number of ether oxygens (including phenoxy) is 1. The second-order valence-corrected chi connectivity index (χ2v) is 7.62. The highest BCUT2D eigenvalue weighted by Gasteiger charge is 2.11. The van der Waals surface area contributed by atoms with Gasteiger partial charge in [0.05, 0.1) is 17.3 Å². The Bertz CT molecular complexity index is 813. The Morgan fingerprint density at radius 3 is 2.59 bits per heavy atom. The van der Waals surface area contributed by atoms with Crippen LogP contribution in [0.25, 0.3) is 0 Å². The maximum absolute atomic E-state index is 12.6. The van der Waals surface area contributed by atoms with Crippen molar-refractivity contribution in [3.05, 3.63) is 59.1 Å². The van der Waals surface area contributed by atoms with Crippen LogP contribution >= 0.6 is 35.6 Å². The number of halogens is 4. The van der Waals surface area contributed by atoms with Crippen molar-refractivity contribution in [2.75, 3.05) is 18.8 Å². The largest absolute Gasteiger partial charge is 0.434 e. The molecule has 29 heavy (non-hydrogen) atoms. The SMILES string of the molecule is CCNC(=NCc1cc(Cl)ccc1OC(F)F)NCCS(=O)c1ccccc1.I. The smallest absolute Gasteiger partial charge is 0.387 e. The number of rotatable bonds is 9. The zero-order valence-corrected chi connectivity index (χ0v) is 19.6. The maximum atomic E-state index is 12.6. The molecule has 0 aliphatic rings. The molecule has 0 radical (unpaired) electrons. The molecule has 0 amide bonds.